The Morgan fingerprint density at radius 1 is 1.17 bits per heavy atom. The molecule has 0 N–H and O–H groups in total. The van der Waals surface area contributed by atoms with Gasteiger partial charge in [0.05, 0.1) is 5.39 Å². The maximum atomic E-state index is 5.50. The third-order valence-corrected chi connectivity index (χ3v) is 6.50. The fourth-order valence-corrected chi connectivity index (χ4v) is 5.18. The van der Waals surface area contributed by atoms with Crippen LogP contribution in [0.25, 0.3) is 10.2 Å². The molecule has 0 atom stereocenters. The minimum absolute atomic E-state index is 0.709. The standard InChI is InChI=1S/C18H26N4OS/c1-3-15-13(2)24-18-16(15)17(19-12-20-18)22-8-6-21(7-9-22)14-4-10-23-11-5-14/h12,14H,3-11H2,1-2H3. The molecule has 0 unspecified atom stereocenters. The topological polar surface area (TPSA) is 41.5 Å². The average Bonchev–Trinajstić information content (AvgIpc) is 2.97. The molecule has 0 bridgehead atoms. The van der Waals surface area contributed by atoms with Crippen molar-refractivity contribution < 1.29 is 4.74 Å². The summed E-state index contributed by atoms with van der Waals surface area (Å²) in [4.78, 5) is 16.8. The number of piperazine rings is 1. The molecule has 5 nitrogen and oxygen atoms in total. The Hall–Kier alpha value is -1.24. The van der Waals surface area contributed by atoms with E-state index >= 15 is 0 Å². The first-order valence-corrected chi connectivity index (χ1v) is 9.89. The van der Waals surface area contributed by atoms with Gasteiger partial charge in [0.15, 0.2) is 0 Å². The van der Waals surface area contributed by atoms with Crippen molar-refractivity contribution in [3.8, 4) is 0 Å². The van der Waals surface area contributed by atoms with Gasteiger partial charge < -0.3 is 9.64 Å². The molecule has 24 heavy (non-hydrogen) atoms. The second-order valence-electron chi connectivity index (χ2n) is 6.73. The summed E-state index contributed by atoms with van der Waals surface area (Å²) >= 11 is 1.80. The SMILES string of the molecule is CCc1c(C)sc2ncnc(N3CCN(C4CCOCC4)CC3)c12. The van der Waals surface area contributed by atoms with Crippen molar-refractivity contribution in [2.75, 3.05) is 44.3 Å². The van der Waals surface area contributed by atoms with Gasteiger partial charge in [0.2, 0.25) is 0 Å². The molecule has 2 saturated heterocycles. The largest absolute Gasteiger partial charge is 0.381 e. The van der Waals surface area contributed by atoms with Gasteiger partial charge in [-0.1, -0.05) is 6.92 Å². The van der Waals surface area contributed by atoms with E-state index in [-0.39, 0.29) is 0 Å². The highest BCUT2D eigenvalue weighted by Gasteiger charge is 2.27. The van der Waals surface area contributed by atoms with Gasteiger partial charge in [0.1, 0.15) is 17.0 Å². The van der Waals surface area contributed by atoms with E-state index < -0.39 is 0 Å². The molecule has 4 rings (SSSR count). The quantitative estimate of drug-likeness (QED) is 0.855. The van der Waals surface area contributed by atoms with Crippen LogP contribution in [-0.2, 0) is 11.2 Å². The fraction of sp³-hybridized carbons (Fsp3) is 0.667. The molecule has 130 valence electrons. The molecule has 2 aliphatic heterocycles. The molecular weight excluding hydrogens is 320 g/mol. The van der Waals surface area contributed by atoms with Crippen LogP contribution in [0.15, 0.2) is 6.33 Å². The molecule has 2 fully saturated rings. The van der Waals surface area contributed by atoms with Crippen molar-refractivity contribution in [3.05, 3.63) is 16.8 Å². The lowest BCUT2D eigenvalue weighted by Gasteiger charge is -2.41. The number of hydrogen-bond donors (Lipinski definition) is 0. The second-order valence-corrected chi connectivity index (χ2v) is 7.94. The Morgan fingerprint density at radius 2 is 1.92 bits per heavy atom. The third-order valence-electron chi connectivity index (χ3n) is 5.44. The van der Waals surface area contributed by atoms with Crippen molar-refractivity contribution >= 4 is 27.4 Å². The van der Waals surface area contributed by atoms with Gasteiger partial charge >= 0.3 is 0 Å². The minimum atomic E-state index is 0.709. The molecule has 0 amide bonds. The molecule has 2 aromatic heterocycles. The van der Waals surface area contributed by atoms with Crippen molar-refractivity contribution in [2.45, 2.75) is 39.2 Å². The molecule has 4 heterocycles. The van der Waals surface area contributed by atoms with E-state index in [1.807, 2.05) is 0 Å². The number of aromatic nitrogens is 2. The summed E-state index contributed by atoms with van der Waals surface area (Å²) in [6, 6.07) is 0.709. The molecular formula is C18H26N4OS. The van der Waals surface area contributed by atoms with Crippen LogP contribution in [-0.4, -0.2) is 60.3 Å². The van der Waals surface area contributed by atoms with Crippen molar-refractivity contribution in [2.24, 2.45) is 0 Å². The summed E-state index contributed by atoms with van der Waals surface area (Å²) in [5.41, 5.74) is 1.43. The molecule has 0 radical (unpaired) electrons. The number of nitrogens with zero attached hydrogens (tertiary/aromatic N) is 4. The Labute approximate surface area is 147 Å². The van der Waals surface area contributed by atoms with Crippen molar-refractivity contribution in [3.63, 3.8) is 0 Å². The average molecular weight is 347 g/mol. The van der Waals surface area contributed by atoms with Crippen LogP contribution in [0.5, 0.6) is 0 Å². The lowest BCUT2D eigenvalue weighted by atomic mass is 10.1. The molecule has 0 aromatic carbocycles. The van der Waals surface area contributed by atoms with Crippen LogP contribution in [0, 0.1) is 6.92 Å². The van der Waals surface area contributed by atoms with Crippen LogP contribution >= 0.6 is 11.3 Å². The number of thiophene rings is 1. The van der Waals surface area contributed by atoms with Gasteiger partial charge in [-0.15, -0.1) is 11.3 Å². The summed E-state index contributed by atoms with van der Waals surface area (Å²) in [6.07, 6.45) is 5.15. The van der Waals surface area contributed by atoms with E-state index in [1.165, 1.54) is 28.7 Å². The van der Waals surface area contributed by atoms with Crippen LogP contribution < -0.4 is 4.90 Å². The van der Waals surface area contributed by atoms with Gasteiger partial charge in [0, 0.05) is 50.3 Å². The summed E-state index contributed by atoms with van der Waals surface area (Å²) in [5.74, 6) is 1.15. The molecule has 0 spiro atoms. The van der Waals surface area contributed by atoms with E-state index in [0.29, 0.717) is 6.04 Å². The third kappa shape index (κ3) is 2.91. The number of aryl methyl sites for hydroxylation is 2. The zero-order chi connectivity index (χ0) is 16.5. The smallest absolute Gasteiger partial charge is 0.141 e. The van der Waals surface area contributed by atoms with Gasteiger partial charge in [-0.05, 0) is 31.7 Å². The first-order valence-electron chi connectivity index (χ1n) is 9.07. The predicted molar refractivity (Wildman–Crippen MR) is 99.2 cm³/mol. The number of anilines is 1. The zero-order valence-corrected chi connectivity index (χ0v) is 15.4. The maximum absolute atomic E-state index is 5.50. The van der Waals surface area contributed by atoms with Gasteiger partial charge in [-0.25, -0.2) is 9.97 Å². The zero-order valence-electron chi connectivity index (χ0n) is 14.6. The van der Waals surface area contributed by atoms with Crippen LogP contribution in [0.3, 0.4) is 0 Å². The molecule has 0 saturated carbocycles. The first-order chi connectivity index (χ1) is 11.8. The summed E-state index contributed by atoms with van der Waals surface area (Å²) in [7, 11) is 0. The van der Waals surface area contributed by atoms with Gasteiger partial charge in [-0.3, -0.25) is 4.90 Å². The highest BCUT2D eigenvalue weighted by molar-refractivity contribution is 7.18. The van der Waals surface area contributed by atoms with Gasteiger partial charge in [0.25, 0.3) is 0 Å². The Balaban J connectivity index is 1.54. The van der Waals surface area contributed by atoms with E-state index in [2.05, 4.69) is 33.6 Å². The normalized spacial score (nSPS) is 20.8. The molecule has 2 aromatic rings. The second kappa shape index (κ2) is 6.94. The molecule has 0 aliphatic carbocycles. The Morgan fingerprint density at radius 3 is 2.62 bits per heavy atom. The highest BCUT2D eigenvalue weighted by Crippen LogP contribution is 2.35. The lowest BCUT2D eigenvalue weighted by molar-refractivity contribution is 0.0321. The highest BCUT2D eigenvalue weighted by atomic mass is 32.1. The van der Waals surface area contributed by atoms with Crippen LogP contribution in [0.1, 0.15) is 30.2 Å². The minimum Gasteiger partial charge on any atom is -0.381 e. The predicted octanol–water partition coefficient (Wildman–Crippen LogP) is 2.86. The fourth-order valence-electron chi connectivity index (χ4n) is 4.10. The Bertz CT molecular complexity index is 702. The number of fused-ring (bicyclic) bond motifs is 1. The first kappa shape index (κ1) is 16.2. The van der Waals surface area contributed by atoms with Crippen LogP contribution in [0.2, 0.25) is 0 Å². The number of ether oxygens (including phenoxy) is 1. The maximum Gasteiger partial charge on any atom is 0.141 e. The number of hydrogen-bond acceptors (Lipinski definition) is 6. The monoisotopic (exact) mass is 346 g/mol. The molecule has 2 aliphatic rings. The molecule has 6 heteroatoms. The summed E-state index contributed by atoms with van der Waals surface area (Å²) < 4.78 is 5.50. The van der Waals surface area contributed by atoms with Crippen molar-refractivity contribution in [1.29, 1.82) is 0 Å². The summed E-state index contributed by atoms with van der Waals surface area (Å²) in [5, 5.41) is 1.29. The van der Waals surface area contributed by atoms with E-state index in [1.54, 1.807) is 17.7 Å². The number of rotatable bonds is 3. The van der Waals surface area contributed by atoms with E-state index in [4.69, 9.17) is 4.74 Å². The van der Waals surface area contributed by atoms with E-state index in [0.717, 1.165) is 56.5 Å². The summed E-state index contributed by atoms with van der Waals surface area (Å²) in [6.45, 7) is 10.6. The van der Waals surface area contributed by atoms with Crippen molar-refractivity contribution in [1.82, 2.24) is 14.9 Å². The van der Waals surface area contributed by atoms with Gasteiger partial charge in [-0.2, -0.15) is 0 Å². The van der Waals surface area contributed by atoms with E-state index in [9.17, 15) is 0 Å². The van der Waals surface area contributed by atoms with Crippen LogP contribution in [0.4, 0.5) is 5.82 Å². The lowest BCUT2D eigenvalue weighted by Crippen LogP contribution is -2.51. The Kier molecular flexibility index (Phi) is 4.70.